The zero-order valence-corrected chi connectivity index (χ0v) is 17.2. The van der Waals surface area contributed by atoms with Crippen molar-refractivity contribution in [1.82, 2.24) is 10.2 Å². The summed E-state index contributed by atoms with van der Waals surface area (Å²) in [5.74, 6) is 0.224. The summed E-state index contributed by atoms with van der Waals surface area (Å²) >= 11 is 1.41. The molecule has 4 nitrogen and oxygen atoms in total. The molecule has 0 aliphatic rings. The Morgan fingerprint density at radius 1 is 0.828 bits per heavy atom. The molecule has 0 radical (unpaired) electrons. The molecule has 0 atom stereocenters. The number of amides is 1. The Bertz CT molecular complexity index is 1160. The molecule has 1 heterocycles. The Kier molecular flexibility index (Phi) is 5.58. The molecule has 0 spiro atoms. The van der Waals surface area contributed by atoms with Crippen LogP contribution in [0.4, 0.5) is 5.69 Å². The molecule has 1 aromatic heterocycles. The monoisotopic (exact) mass is 399 g/mol. The van der Waals surface area contributed by atoms with Crippen LogP contribution in [0.3, 0.4) is 0 Å². The summed E-state index contributed by atoms with van der Waals surface area (Å²) in [6.45, 7) is 3.99. The van der Waals surface area contributed by atoms with Crippen LogP contribution in [0.15, 0.2) is 77.8 Å². The number of aryl methyl sites for hydroxylation is 2. The summed E-state index contributed by atoms with van der Waals surface area (Å²) in [6, 6.07) is 24.1. The zero-order valence-electron chi connectivity index (χ0n) is 16.3. The molecule has 4 rings (SSSR count). The van der Waals surface area contributed by atoms with Gasteiger partial charge in [-0.05, 0) is 25.0 Å². The fourth-order valence-corrected chi connectivity index (χ4v) is 4.09. The first kappa shape index (κ1) is 19.2. The van der Waals surface area contributed by atoms with E-state index in [1.165, 1.54) is 11.8 Å². The van der Waals surface area contributed by atoms with Crippen molar-refractivity contribution in [3.8, 4) is 11.3 Å². The van der Waals surface area contributed by atoms with Gasteiger partial charge in [-0.1, -0.05) is 84.6 Å². The Morgan fingerprint density at radius 3 is 2.21 bits per heavy atom. The largest absolute Gasteiger partial charge is 0.325 e. The normalized spacial score (nSPS) is 10.8. The van der Waals surface area contributed by atoms with E-state index in [9.17, 15) is 4.79 Å². The molecule has 1 amide bonds. The first-order chi connectivity index (χ1) is 14.1. The van der Waals surface area contributed by atoms with Crippen LogP contribution in [0, 0.1) is 13.8 Å². The number of nitrogens with zero attached hydrogens (tertiary/aromatic N) is 2. The van der Waals surface area contributed by atoms with Crippen LogP contribution in [0.5, 0.6) is 0 Å². The van der Waals surface area contributed by atoms with Crippen LogP contribution in [-0.4, -0.2) is 21.9 Å². The summed E-state index contributed by atoms with van der Waals surface area (Å²) < 4.78 is 0. The highest BCUT2D eigenvalue weighted by molar-refractivity contribution is 8.00. The predicted octanol–water partition coefficient (Wildman–Crippen LogP) is 5.64. The van der Waals surface area contributed by atoms with Crippen molar-refractivity contribution in [3.63, 3.8) is 0 Å². The van der Waals surface area contributed by atoms with Gasteiger partial charge in [0.2, 0.25) is 5.91 Å². The summed E-state index contributed by atoms with van der Waals surface area (Å²) in [7, 11) is 0. The molecule has 29 heavy (non-hydrogen) atoms. The van der Waals surface area contributed by atoms with E-state index < -0.39 is 0 Å². The van der Waals surface area contributed by atoms with Crippen molar-refractivity contribution < 1.29 is 4.79 Å². The molecule has 144 valence electrons. The van der Waals surface area contributed by atoms with Crippen molar-refractivity contribution in [1.29, 1.82) is 0 Å². The van der Waals surface area contributed by atoms with Gasteiger partial charge in [0, 0.05) is 22.0 Å². The van der Waals surface area contributed by atoms with Gasteiger partial charge in [0.1, 0.15) is 10.7 Å². The molecule has 3 aromatic carbocycles. The second-order valence-corrected chi connectivity index (χ2v) is 7.83. The third-order valence-electron chi connectivity index (χ3n) is 4.79. The molecule has 0 saturated carbocycles. The number of benzene rings is 3. The number of hydrogen-bond donors (Lipinski definition) is 1. The second-order valence-electron chi connectivity index (χ2n) is 6.87. The molecular formula is C24H21N3OS. The summed E-state index contributed by atoms with van der Waals surface area (Å²) in [6.07, 6.45) is 0. The molecule has 1 N–H and O–H groups in total. The second kappa shape index (κ2) is 8.45. The third kappa shape index (κ3) is 4.15. The minimum atomic E-state index is -0.0505. The van der Waals surface area contributed by atoms with Gasteiger partial charge in [-0.2, -0.15) is 0 Å². The maximum absolute atomic E-state index is 12.5. The van der Waals surface area contributed by atoms with E-state index in [4.69, 9.17) is 0 Å². The Balaban J connectivity index is 1.57. The average Bonchev–Trinajstić information content (AvgIpc) is 2.75. The number of carbonyl (C=O) groups is 1. The van der Waals surface area contributed by atoms with E-state index in [2.05, 4.69) is 15.5 Å². The van der Waals surface area contributed by atoms with E-state index in [1.807, 2.05) is 86.6 Å². The lowest BCUT2D eigenvalue weighted by Gasteiger charge is -2.12. The highest BCUT2D eigenvalue weighted by Gasteiger charge is 2.13. The fraction of sp³-hybridized carbons (Fsp3) is 0.125. The average molecular weight is 400 g/mol. The lowest BCUT2D eigenvalue weighted by molar-refractivity contribution is -0.113. The predicted molar refractivity (Wildman–Crippen MR) is 120 cm³/mol. The van der Waals surface area contributed by atoms with Gasteiger partial charge in [0.05, 0.1) is 5.75 Å². The highest BCUT2D eigenvalue weighted by atomic mass is 32.2. The van der Waals surface area contributed by atoms with Gasteiger partial charge in [-0.3, -0.25) is 4.79 Å². The molecule has 0 aliphatic heterocycles. The van der Waals surface area contributed by atoms with E-state index in [0.29, 0.717) is 0 Å². The van der Waals surface area contributed by atoms with Crippen LogP contribution < -0.4 is 5.32 Å². The van der Waals surface area contributed by atoms with E-state index in [0.717, 1.165) is 43.9 Å². The standard InChI is InChI=1S/C24H21N3OS/c1-16-9-8-10-17(2)22(16)25-21(28)15-29-24-20-14-7-6-13-19(20)23(26-27-24)18-11-4-3-5-12-18/h3-14H,15H2,1-2H3,(H,25,28). The minimum Gasteiger partial charge on any atom is -0.325 e. The van der Waals surface area contributed by atoms with Crippen LogP contribution in [0.2, 0.25) is 0 Å². The lowest BCUT2D eigenvalue weighted by atomic mass is 10.1. The Hall–Kier alpha value is -3.18. The summed E-state index contributed by atoms with van der Waals surface area (Å²) in [5.41, 5.74) is 4.88. The number of aromatic nitrogens is 2. The van der Waals surface area contributed by atoms with Crippen molar-refractivity contribution in [2.45, 2.75) is 18.9 Å². The number of thioether (sulfide) groups is 1. The molecule has 5 heteroatoms. The van der Waals surface area contributed by atoms with Crippen molar-refractivity contribution in [2.75, 3.05) is 11.1 Å². The van der Waals surface area contributed by atoms with Crippen LogP contribution >= 0.6 is 11.8 Å². The number of nitrogens with one attached hydrogen (secondary N) is 1. The third-order valence-corrected chi connectivity index (χ3v) is 5.77. The lowest BCUT2D eigenvalue weighted by Crippen LogP contribution is -2.16. The summed E-state index contributed by atoms with van der Waals surface area (Å²) in [5, 5.41) is 14.7. The topological polar surface area (TPSA) is 54.9 Å². The smallest absolute Gasteiger partial charge is 0.234 e. The van der Waals surface area contributed by atoms with Gasteiger partial charge in [0.15, 0.2) is 0 Å². The molecule has 0 aliphatic carbocycles. The number of anilines is 1. The molecular weight excluding hydrogens is 378 g/mol. The van der Waals surface area contributed by atoms with Gasteiger partial charge < -0.3 is 5.32 Å². The van der Waals surface area contributed by atoms with Crippen LogP contribution in [0.1, 0.15) is 11.1 Å². The Labute approximate surface area is 174 Å². The molecule has 0 saturated heterocycles. The van der Waals surface area contributed by atoms with Gasteiger partial charge in [-0.15, -0.1) is 10.2 Å². The molecule has 4 aromatic rings. The van der Waals surface area contributed by atoms with Crippen molar-refractivity contribution >= 4 is 34.1 Å². The van der Waals surface area contributed by atoms with Crippen LogP contribution in [-0.2, 0) is 4.79 Å². The van der Waals surface area contributed by atoms with E-state index in [-0.39, 0.29) is 11.7 Å². The number of fused-ring (bicyclic) bond motifs is 1. The molecule has 0 unspecified atom stereocenters. The first-order valence-electron chi connectivity index (χ1n) is 9.43. The maximum atomic E-state index is 12.5. The molecule has 0 fully saturated rings. The number of hydrogen-bond acceptors (Lipinski definition) is 4. The van der Waals surface area contributed by atoms with E-state index in [1.54, 1.807) is 0 Å². The van der Waals surface area contributed by atoms with Crippen molar-refractivity contribution in [2.24, 2.45) is 0 Å². The highest BCUT2D eigenvalue weighted by Crippen LogP contribution is 2.31. The van der Waals surface area contributed by atoms with Gasteiger partial charge in [-0.25, -0.2) is 0 Å². The quantitative estimate of drug-likeness (QED) is 0.441. The number of para-hydroxylation sites is 1. The Morgan fingerprint density at radius 2 is 1.48 bits per heavy atom. The van der Waals surface area contributed by atoms with Gasteiger partial charge >= 0.3 is 0 Å². The first-order valence-corrected chi connectivity index (χ1v) is 10.4. The SMILES string of the molecule is Cc1cccc(C)c1NC(=O)CSc1nnc(-c2ccccc2)c2ccccc12. The zero-order chi connectivity index (χ0) is 20.2. The van der Waals surface area contributed by atoms with Crippen molar-refractivity contribution in [3.05, 3.63) is 83.9 Å². The van der Waals surface area contributed by atoms with Crippen LogP contribution in [0.25, 0.3) is 22.0 Å². The molecule has 0 bridgehead atoms. The van der Waals surface area contributed by atoms with Gasteiger partial charge in [0.25, 0.3) is 0 Å². The number of carbonyl (C=O) groups excluding carboxylic acids is 1. The fourth-order valence-electron chi connectivity index (χ4n) is 3.32. The van der Waals surface area contributed by atoms with E-state index >= 15 is 0 Å². The summed E-state index contributed by atoms with van der Waals surface area (Å²) in [4.78, 5) is 12.5. The minimum absolute atomic E-state index is 0.0505. The maximum Gasteiger partial charge on any atom is 0.234 e. The number of rotatable bonds is 5.